The van der Waals surface area contributed by atoms with E-state index >= 15 is 0 Å². The van der Waals surface area contributed by atoms with Crippen LogP contribution in [0.5, 0.6) is 5.88 Å². The maximum absolute atomic E-state index is 12.9. The number of fused-ring (bicyclic) bond motifs is 1. The van der Waals surface area contributed by atoms with Gasteiger partial charge in [0, 0.05) is 29.8 Å². The lowest BCUT2D eigenvalue weighted by Gasteiger charge is -2.15. The third-order valence-corrected chi connectivity index (χ3v) is 3.89. The van der Waals surface area contributed by atoms with Gasteiger partial charge in [0.1, 0.15) is 11.4 Å². The van der Waals surface area contributed by atoms with Crippen molar-refractivity contribution in [3.05, 3.63) is 79.9 Å². The highest BCUT2D eigenvalue weighted by Gasteiger charge is 2.26. The number of carbonyl (C=O) groups excluding carboxylic acids is 1. The SMILES string of the molecule is O=C(NCc1ccc(F)cc1)c1c2cc(=O)c([N+](=O)[O-])cc-2cn(O)c1O. The molecule has 0 radical (unpaired) electrons. The van der Waals surface area contributed by atoms with Crippen LogP contribution < -0.4 is 10.7 Å². The Hall–Kier alpha value is -3.95. The first kappa shape index (κ1) is 17.9. The molecule has 138 valence electrons. The Morgan fingerprint density at radius 1 is 1.26 bits per heavy atom. The van der Waals surface area contributed by atoms with Crippen LogP contribution >= 0.6 is 0 Å². The van der Waals surface area contributed by atoms with Gasteiger partial charge in [-0.05, 0) is 17.7 Å². The van der Waals surface area contributed by atoms with Crippen molar-refractivity contribution in [2.45, 2.75) is 6.54 Å². The van der Waals surface area contributed by atoms with Crippen molar-refractivity contribution < 1.29 is 24.4 Å². The summed E-state index contributed by atoms with van der Waals surface area (Å²) >= 11 is 0. The number of amides is 1. The molecular formula is C17H12FN3O6. The Kier molecular flexibility index (Phi) is 4.46. The summed E-state index contributed by atoms with van der Waals surface area (Å²) in [6.45, 7) is -0.0163. The predicted octanol–water partition coefficient (Wildman–Crippen LogP) is 1.87. The molecule has 0 aromatic heterocycles. The summed E-state index contributed by atoms with van der Waals surface area (Å²) in [5.41, 5.74) is -1.59. The molecule has 3 rings (SSSR count). The van der Waals surface area contributed by atoms with Gasteiger partial charge in [-0.3, -0.25) is 19.7 Å². The van der Waals surface area contributed by atoms with E-state index in [0.717, 1.165) is 18.3 Å². The molecule has 1 heterocycles. The quantitative estimate of drug-likeness (QED) is 0.363. The fourth-order valence-electron chi connectivity index (χ4n) is 2.58. The lowest BCUT2D eigenvalue weighted by Crippen LogP contribution is -2.25. The van der Waals surface area contributed by atoms with Crippen LogP contribution in [0.1, 0.15) is 15.9 Å². The first-order valence-electron chi connectivity index (χ1n) is 7.56. The van der Waals surface area contributed by atoms with Crippen LogP contribution in [0.25, 0.3) is 11.1 Å². The molecule has 0 atom stereocenters. The van der Waals surface area contributed by atoms with E-state index in [4.69, 9.17) is 0 Å². The summed E-state index contributed by atoms with van der Waals surface area (Å²) in [4.78, 5) is 34.4. The zero-order valence-electron chi connectivity index (χ0n) is 13.5. The van der Waals surface area contributed by atoms with Gasteiger partial charge in [0.15, 0.2) is 0 Å². The van der Waals surface area contributed by atoms with E-state index in [0.29, 0.717) is 5.56 Å². The second kappa shape index (κ2) is 6.75. The highest BCUT2D eigenvalue weighted by Crippen LogP contribution is 2.32. The van der Waals surface area contributed by atoms with Crippen LogP contribution in [-0.4, -0.2) is 25.9 Å². The molecule has 1 aromatic rings. The van der Waals surface area contributed by atoms with Gasteiger partial charge in [-0.1, -0.05) is 12.1 Å². The Morgan fingerprint density at radius 3 is 2.56 bits per heavy atom. The zero-order valence-corrected chi connectivity index (χ0v) is 13.5. The average Bonchev–Trinajstić information content (AvgIpc) is 2.62. The van der Waals surface area contributed by atoms with Gasteiger partial charge in [0.25, 0.3) is 11.3 Å². The van der Waals surface area contributed by atoms with Crippen molar-refractivity contribution in [2.75, 3.05) is 0 Å². The summed E-state index contributed by atoms with van der Waals surface area (Å²) in [7, 11) is 0. The molecule has 1 aromatic carbocycles. The van der Waals surface area contributed by atoms with Crippen molar-refractivity contribution in [3.63, 3.8) is 0 Å². The minimum atomic E-state index is -0.949. The fourth-order valence-corrected chi connectivity index (χ4v) is 2.58. The van der Waals surface area contributed by atoms with Crippen molar-refractivity contribution in [2.24, 2.45) is 0 Å². The summed E-state index contributed by atoms with van der Waals surface area (Å²) in [5.74, 6) is -2.12. The van der Waals surface area contributed by atoms with Crippen LogP contribution in [0, 0.1) is 15.9 Å². The molecule has 1 aliphatic carbocycles. The topological polar surface area (TPSA) is 135 Å². The lowest BCUT2D eigenvalue weighted by atomic mass is 9.98. The molecular weight excluding hydrogens is 361 g/mol. The van der Waals surface area contributed by atoms with E-state index < -0.39 is 39.2 Å². The number of halogens is 1. The third kappa shape index (κ3) is 3.40. The molecule has 0 saturated carbocycles. The Morgan fingerprint density at radius 2 is 1.93 bits per heavy atom. The van der Waals surface area contributed by atoms with Crippen molar-refractivity contribution >= 4 is 11.6 Å². The van der Waals surface area contributed by atoms with Crippen molar-refractivity contribution in [3.8, 4) is 17.0 Å². The minimum absolute atomic E-state index is 0.00790. The highest BCUT2D eigenvalue weighted by atomic mass is 19.1. The van der Waals surface area contributed by atoms with E-state index in [1.165, 1.54) is 24.3 Å². The molecule has 0 spiro atoms. The summed E-state index contributed by atoms with van der Waals surface area (Å²) < 4.78 is 13.1. The molecule has 0 fully saturated rings. The third-order valence-electron chi connectivity index (χ3n) is 3.89. The van der Waals surface area contributed by atoms with Gasteiger partial charge in [-0.15, -0.1) is 0 Å². The summed E-state index contributed by atoms with van der Waals surface area (Å²) in [6.07, 6.45) is 0.938. The maximum Gasteiger partial charge on any atom is 0.316 e. The smallest absolute Gasteiger partial charge is 0.316 e. The molecule has 9 nitrogen and oxygen atoms in total. The number of aromatic hydroxyl groups is 1. The van der Waals surface area contributed by atoms with Gasteiger partial charge < -0.3 is 15.6 Å². The van der Waals surface area contributed by atoms with Gasteiger partial charge in [0.2, 0.25) is 5.88 Å². The van der Waals surface area contributed by atoms with Crippen LogP contribution in [0.2, 0.25) is 0 Å². The monoisotopic (exact) mass is 373 g/mol. The number of hydrogen-bond donors (Lipinski definition) is 3. The Labute approximate surface area is 150 Å². The number of benzene rings is 2. The minimum Gasteiger partial charge on any atom is -0.492 e. The molecule has 2 aliphatic rings. The Balaban J connectivity index is 2.02. The predicted molar refractivity (Wildman–Crippen MR) is 90.4 cm³/mol. The first-order valence-corrected chi connectivity index (χ1v) is 7.56. The van der Waals surface area contributed by atoms with E-state index in [1.807, 2.05) is 0 Å². The lowest BCUT2D eigenvalue weighted by molar-refractivity contribution is -0.385. The number of nitrogens with one attached hydrogen (secondary N) is 1. The average molecular weight is 373 g/mol. The number of nitro groups is 1. The number of non-ortho nitro benzene ring substituents is 1. The molecule has 1 aliphatic heterocycles. The Bertz CT molecular complexity index is 1080. The number of nitro benzene ring substituents is 1. The maximum atomic E-state index is 12.9. The van der Waals surface area contributed by atoms with Gasteiger partial charge in [-0.25, -0.2) is 4.39 Å². The number of carbonyl (C=O) groups is 1. The number of pyridine rings is 1. The fraction of sp³-hybridized carbons (Fsp3) is 0.0588. The number of aromatic nitrogens is 1. The molecule has 3 N–H and O–H groups in total. The summed E-state index contributed by atoms with van der Waals surface area (Å²) in [5, 5.41) is 33.2. The number of hydrogen-bond acceptors (Lipinski definition) is 6. The van der Waals surface area contributed by atoms with Crippen LogP contribution in [0.3, 0.4) is 0 Å². The molecule has 10 heteroatoms. The zero-order chi connectivity index (χ0) is 19.7. The van der Waals surface area contributed by atoms with Crippen molar-refractivity contribution in [1.82, 2.24) is 10.0 Å². The highest BCUT2D eigenvalue weighted by molar-refractivity contribution is 6.03. The molecule has 1 amide bonds. The molecule has 27 heavy (non-hydrogen) atoms. The van der Waals surface area contributed by atoms with E-state index in [1.54, 1.807) is 0 Å². The van der Waals surface area contributed by atoms with Crippen LogP contribution in [-0.2, 0) is 6.54 Å². The van der Waals surface area contributed by atoms with Crippen molar-refractivity contribution in [1.29, 1.82) is 0 Å². The van der Waals surface area contributed by atoms with Crippen LogP contribution in [0.15, 0.2) is 47.4 Å². The summed E-state index contributed by atoms with van der Waals surface area (Å²) in [6, 6.07) is 7.07. The van der Waals surface area contributed by atoms with Gasteiger partial charge >= 0.3 is 5.69 Å². The largest absolute Gasteiger partial charge is 0.492 e. The van der Waals surface area contributed by atoms with E-state index in [-0.39, 0.29) is 22.4 Å². The van der Waals surface area contributed by atoms with Crippen LogP contribution in [0.4, 0.5) is 10.1 Å². The van der Waals surface area contributed by atoms with E-state index in [9.17, 15) is 34.4 Å². The number of nitrogens with zero attached hydrogens (tertiary/aromatic N) is 2. The molecule has 0 bridgehead atoms. The van der Waals surface area contributed by atoms with Gasteiger partial charge in [0.05, 0.1) is 11.1 Å². The standard InChI is InChI=1S/C17H12FN3O6/c18-11-3-1-9(2-4-11)7-19-16(23)15-12-6-14(22)13(21(26)27)5-10(12)8-20(25)17(15)24/h1-6,8,24-25H,7H2,(H,19,23). The van der Waals surface area contributed by atoms with E-state index in [2.05, 4.69) is 5.32 Å². The number of rotatable bonds is 4. The molecule has 0 unspecified atom stereocenters. The molecule has 0 saturated heterocycles. The normalized spacial score (nSPS) is 10.7. The second-order valence-corrected chi connectivity index (χ2v) is 5.65. The van der Waals surface area contributed by atoms with Gasteiger partial charge in [-0.2, -0.15) is 4.73 Å². The first-order chi connectivity index (χ1) is 12.8. The second-order valence-electron chi connectivity index (χ2n) is 5.65.